The largest absolute Gasteiger partial charge is 0.292 e. The lowest BCUT2D eigenvalue weighted by Crippen LogP contribution is -2.18. The molecule has 0 aliphatic heterocycles. The fourth-order valence-electron chi connectivity index (χ4n) is 2.03. The summed E-state index contributed by atoms with van der Waals surface area (Å²) in [6.07, 6.45) is 1.54. The SMILES string of the molecule is CC(C)(C)c1cc(C(=O)CBr)n(S(=O)(=O)c2ccccc2)c1. The van der Waals surface area contributed by atoms with Gasteiger partial charge in [0.15, 0.2) is 5.78 Å². The highest BCUT2D eigenvalue weighted by Crippen LogP contribution is 2.27. The number of carbonyl (C=O) groups is 1. The van der Waals surface area contributed by atoms with Crippen molar-refractivity contribution in [3.63, 3.8) is 0 Å². The first-order valence-corrected chi connectivity index (χ1v) is 9.37. The Kier molecular flexibility index (Phi) is 4.63. The molecule has 2 aromatic rings. The van der Waals surface area contributed by atoms with Crippen molar-refractivity contribution in [3.05, 3.63) is 53.9 Å². The highest BCUT2D eigenvalue weighted by atomic mass is 79.9. The van der Waals surface area contributed by atoms with E-state index in [1.54, 1.807) is 24.3 Å². The van der Waals surface area contributed by atoms with Crippen LogP contribution in [0.1, 0.15) is 36.8 Å². The van der Waals surface area contributed by atoms with E-state index in [4.69, 9.17) is 0 Å². The van der Waals surface area contributed by atoms with Crippen LogP contribution in [0.5, 0.6) is 0 Å². The maximum Gasteiger partial charge on any atom is 0.268 e. The van der Waals surface area contributed by atoms with Gasteiger partial charge < -0.3 is 0 Å². The van der Waals surface area contributed by atoms with Gasteiger partial charge in [-0.05, 0) is 29.2 Å². The molecule has 0 radical (unpaired) electrons. The third-order valence-electron chi connectivity index (χ3n) is 3.36. The molecule has 0 atom stereocenters. The molecule has 0 spiro atoms. The number of nitrogens with zero attached hydrogens (tertiary/aromatic N) is 1. The van der Waals surface area contributed by atoms with Crippen LogP contribution in [-0.4, -0.2) is 23.5 Å². The molecule has 1 aromatic carbocycles. The smallest absolute Gasteiger partial charge is 0.268 e. The fourth-order valence-corrected chi connectivity index (χ4v) is 3.71. The molecule has 0 amide bonds. The summed E-state index contributed by atoms with van der Waals surface area (Å²) in [4.78, 5) is 12.3. The number of aromatic nitrogens is 1. The van der Waals surface area contributed by atoms with Crippen LogP contribution in [0.3, 0.4) is 0 Å². The Hall–Kier alpha value is -1.40. The van der Waals surface area contributed by atoms with Crippen molar-refractivity contribution in [2.45, 2.75) is 31.1 Å². The Labute approximate surface area is 139 Å². The summed E-state index contributed by atoms with van der Waals surface area (Å²) >= 11 is 3.11. The maximum absolute atomic E-state index is 12.8. The van der Waals surface area contributed by atoms with Gasteiger partial charge in [0.2, 0.25) is 0 Å². The van der Waals surface area contributed by atoms with E-state index in [1.807, 2.05) is 20.8 Å². The quantitative estimate of drug-likeness (QED) is 0.598. The van der Waals surface area contributed by atoms with Crippen LogP contribution in [-0.2, 0) is 15.4 Å². The van der Waals surface area contributed by atoms with Crippen molar-refractivity contribution in [2.24, 2.45) is 0 Å². The first kappa shape index (κ1) is 17.0. The molecule has 0 bridgehead atoms. The average molecular weight is 384 g/mol. The van der Waals surface area contributed by atoms with E-state index >= 15 is 0 Å². The zero-order chi connectivity index (χ0) is 16.5. The van der Waals surface area contributed by atoms with Crippen molar-refractivity contribution < 1.29 is 13.2 Å². The van der Waals surface area contributed by atoms with Gasteiger partial charge in [0.25, 0.3) is 10.0 Å². The summed E-state index contributed by atoms with van der Waals surface area (Å²) in [6, 6.07) is 9.77. The number of halogens is 1. The second-order valence-corrected chi connectivity index (χ2v) is 8.41. The van der Waals surface area contributed by atoms with Gasteiger partial charge in [-0.1, -0.05) is 54.9 Å². The molecule has 0 aliphatic rings. The Morgan fingerprint density at radius 3 is 2.27 bits per heavy atom. The molecule has 118 valence electrons. The lowest BCUT2D eigenvalue weighted by atomic mass is 9.89. The standard InChI is InChI=1S/C16H18BrNO3S/c1-16(2,3)12-9-14(15(19)10-17)18(11-12)22(20,21)13-7-5-4-6-8-13/h4-9,11H,10H2,1-3H3. The number of benzene rings is 1. The third-order valence-corrected chi connectivity index (χ3v) is 5.56. The van der Waals surface area contributed by atoms with Gasteiger partial charge in [-0.15, -0.1) is 0 Å². The molecule has 2 rings (SSSR count). The second kappa shape index (κ2) is 6.01. The molecule has 0 saturated heterocycles. The molecule has 1 aromatic heterocycles. The van der Waals surface area contributed by atoms with Crippen LogP contribution >= 0.6 is 15.9 Å². The summed E-state index contributed by atoms with van der Waals surface area (Å²) in [5.41, 5.74) is 0.723. The van der Waals surface area contributed by atoms with E-state index in [0.717, 1.165) is 9.54 Å². The Morgan fingerprint density at radius 1 is 1.18 bits per heavy atom. The van der Waals surface area contributed by atoms with Crippen LogP contribution in [0.25, 0.3) is 0 Å². The zero-order valence-corrected chi connectivity index (χ0v) is 15.1. The molecule has 0 unspecified atom stereocenters. The summed E-state index contributed by atoms with van der Waals surface area (Å²) in [6.45, 7) is 5.93. The number of Topliss-reactive ketones (excluding diaryl/α,β-unsaturated/α-hetero) is 1. The van der Waals surface area contributed by atoms with Gasteiger partial charge in [0.1, 0.15) is 5.69 Å². The zero-order valence-electron chi connectivity index (χ0n) is 12.7. The molecular formula is C16H18BrNO3S. The third kappa shape index (κ3) is 3.17. The van der Waals surface area contributed by atoms with Crippen molar-refractivity contribution in [2.75, 3.05) is 5.33 Å². The van der Waals surface area contributed by atoms with E-state index in [-0.39, 0.29) is 27.1 Å². The summed E-state index contributed by atoms with van der Waals surface area (Å²) in [5.74, 6) is -0.269. The number of carbonyl (C=O) groups excluding carboxylic acids is 1. The molecule has 22 heavy (non-hydrogen) atoms. The molecule has 0 fully saturated rings. The minimum Gasteiger partial charge on any atom is -0.292 e. The van der Waals surface area contributed by atoms with Gasteiger partial charge in [0, 0.05) is 6.20 Å². The first-order chi connectivity index (χ1) is 10.2. The molecule has 1 heterocycles. The van der Waals surface area contributed by atoms with Gasteiger partial charge in [-0.25, -0.2) is 12.4 Å². The lowest BCUT2D eigenvalue weighted by Gasteiger charge is -2.15. The predicted molar refractivity (Wildman–Crippen MR) is 90.3 cm³/mol. The number of hydrogen-bond acceptors (Lipinski definition) is 3. The monoisotopic (exact) mass is 383 g/mol. The van der Waals surface area contributed by atoms with Gasteiger partial charge in [-0.3, -0.25) is 4.79 Å². The average Bonchev–Trinajstić information content (AvgIpc) is 2.93. The van der Waals surface area contributed by atoms with E-state index < -0.39 is 10.0 Å². The number of ketones is 1. The predicted octanol–water partition coefficient (Wildman–Crippen LogP) is 3.60. The summed E-state index contributed by atoms with van der Waals surface area (Å²) in [7, 11) is -3.79. The Bertz CT molecular complexity index is 787. The molecule has 0 aliphatic carbocycles. The molecule has 0 saturated carbocycles. The highest BCUT2D eigenvalue weighted by Gasteiger charge is 2.27. The molecule has 0 N–H and O–H groups in total. The van der Waals surface area contributed by atoms with Crippen LogP contribution in [0.15, 0.2) is 47.5 Å². The van der Waals surface area contributed by atoms with Crippen molar-refractivity contribution >= 4 is 31.7 Å². The minimum atomic E-state index is -3.79. The maximum atomic E-state index is 12.8. The van der Waals surface area contributed by atoms with E-state index in [0.29, 0.717) is 0 Å². The van der Waals surface area contributed by atoms with Crippen LogP contribution in [0, 0.1) is 0 Å². The van der Waals surface area contributed by atoms with E-state index in [9.17, 15) is 13.2 Å². The molecule has 4 nitrogen and oxygen atoms in total. The van der Waals surface area contributed by atoms with Gasteiger partial charge in [0.05, 0.1) is 10.2 Å². The van der Waals surface area contributed by atoms with Crippen LogP contribution in [0.2, 0.25) is 0 Å². The number of rotatable bonds is 4. The second-order valence-electron chi connectivity index (χ2n) is 6.03. The molecular weight excluding hydrogens is 366 g/mol. The highest BCUT2D eigenvalue weighted by molar-refractivity contribution is 9.09. The van der Waals surface area contributed by atoms with Crippen LogP contribution in [0.4, 0.5) is 0 Å². The minimum absolute atomic E-state index is 0.0743. The van der Waals surface area contributed by atoms with E-state index in [1.165, 1.54) is 18.3 Å². The van der Waals surface area contributed by atoms with Crippen molar-refractivity contribution in [3.8, 4) is 0 Å². The summed E-state index contributed by atoms with van der Waals surface area (Å²) in [5, 5.41) is 0.0743. The Morgan fingerprint density at radius 2 is 1.77 bits per heavy atom. The Balaban J connectivity index is 2.69. The lowest BCUT2D eigenvalue weighted by molar-refractivity contribution is 0.101. The van der Waals surface area contributed by atoms with Crippen LogP contribution < -0.4 is 0 Å². The topological polar surface area (TPSA) is 56.1 Å². The number of alkyl halides is 1. The molecule has 6 heteroatoms. The van der Waals surface area contributed by atoms with E-state index in [2.05, 4.69) is 15.9 Å². The fraction of sp³-hybridized carbons (Fsp3) is 0.312. The van der Waals surface area contributed by atoms with Crippen molar-refractivity contribution in [1.82, 2.24) is 3.97 Å². The number of hydrogen-bond donors (Lipinski definition) is 0. The first-order valence-electron chi connectivity index (χ1n) is 6.80. The summed E-state index contributed by atoms with van der Waals surface area (Å²) < 4.78 is 26.7. The normalized spacial score (nSPS) is 12.4. The van der Waals surface area contributed by atoms with Gasteiger partial charge >= 0.3 is 0 Å². The van der Waals surface area contributed by atoms with Crippen molar-refractivity contribution in [1.29, 1.82) is 0 Å². The van der Waals surface area contributed by atoms with Gasteiger partial charge in [-0.2, -0.15) is 0 Å².